The van der Waals surface area contributed by atoms with Crippen molar-refractivity contribution >= 4 is 17.9 Å². The molecule has 1 heterocycles. The van der Waals surface area contributed by atoms with Crippen molar-refractivity contribution in [3.05, 3.63) is 46.0 Å². The molecule has 1 aromatic heterocycles. The Labute approximate surface area is 127 Å². The predicted molar refractivity (Wildman–Crippen MR) is 79.2 cm³/mol. The van der Waals surface area contributed by atoms with Gasteiger partial charge in [0.1, 0.15) is 11.5 Å². The van der Waals surface area contributed by atoms with Crippen molar-refractivity contribution in [1.82, 2.24) is 15.0 Å². The Bertz CT molecular complexity index is 618. The molecule has 2 aromatic rings. The molecule has 0 unspecified atom stereocenters. The first-order chi connectivity index (χ1) is 10.1. The fourth-order valence-corrected chi connectivity index (χ4v) is 2.69. The van der Waals surface area contributed by atoms with Gasteiger partial charge in [0.15, 0.2) is 6.29 Å². The van der Waals surface area contributed by atoms with E-state index in [-0.39, 0.29) is 18.3 Å². The van der Waals surface area contributed by atoms with Crippen LogP contribution in [0.2, 0.25) is 5.02 Å². The quantitative estimate of drug-likeness (QED) is 0.762. The summed E-state index contributed by atoms with van der Waals surface area (Å²) < 4.78 is 15.5. The van der Waals surface area contributed by atoms with Crippen molar-refractivity contribution in [2.75, 3.05) is 0 Å². The van der Waals surface area contributed by atoms with Crippen molar-refractivity contribution in [2.24, 2.45) is 0 Å². The van der Waals surface area contributed by atoms with Crippen LogP contribution in [-0.2, 0) is 6.54 Å². The van der Waals surface area contributed by atoms with E-state index in [1.165, 1.54) is 6.07 Å². The van der Waals surface area contributed by atoms with Gasteiger partial charge in [0.2, 0.25) is 0 Å². The van der Waals surface area contributed by atoms with Gasteiger partial charge in [0, 0.05) is 16.5 Å². The third-order valence-electron chi connectivity index (χ3n) is 3.65. The van der Waals surface area contributed by atoms with E-state index in [0.717, 1.165) is 18.5 Å². The Morgan fingerprint density at radius 2 is 2.10 bits per heavy atom. The fourth-order valence-electron chi connectivity index (χ4n) is 2.46. The summed E-state index contributed by atoms with van der Waals surface area (Å²) >= 11 is 6.05. The van der Waals surface area contributed by atoms with Gasteiger partial charge in [-0.1, -0.05) is 36.7 Å². The third kappa shape index (κ3) is 3.13. The van der Waals surface area contributed by atoms with Crippen LogP contribution in [0.3, 0.4) is 0 Å². The van der Waals surface area contributed by atoms with Crippen LogP contribution in [0.4, 0.5) is 4.39 Å². The number of aldehydes is 1. The van der Waals surface area contributed by atoms with Gasteiger partial charge in [-0.2, -0.15) is 0 Å². The highest BCUT2D eigenvalue weighted by Gasteiger charge is 2.21. The Kier molecular flexibility index (Phi) is 5.07. The number of nitrogens with zero attached hydrogens (tertiary/aromatic N) is 3. The number of benzene rings is 1. The molecule has 0 spiro atoms. The lowest BCUT2D eigenvalue weighted by Gasteiger charge is -2.15. The van der Waals surface area contributed by atoms with E-state index in [1.807, 2.05) is 13.8 Å². The molecule has 1 aromatic carbocycles. The maximum atomic E-state index is 13.9. The molecule has 0 aliphatic rings. The van der Waals surface area contributed by atoms with Crippen LogP contribution in [0, 0.1) is 5.82 Å². The zero-order chi connectivity index (χ0) is 15.4. The second-order valence-electron chi connectivity index (χ2n) is 4.85. The monoisotopic (exact) mass is 309 g/mol. The van der Waals surface area contributed by atoms with Crippen molar-refractivity contribution < 1.29 is 9.18 Å². The minimum Gasteiger partial charge on any atom is -0.296 e. The lowest BCUT2D eigenvalue weighted by molar-refractivity contribution is 0.111. The van der Waals surface area contributed by atoms with Crippen molar-refractivity contribution in [3.8, 4) is 0 Å². The molecule has 0 radical (unpaired) electrons. The molecule has 0 aliphatic heterocycles. The second-order valence-corrected chi connectivity index (χ2v) is 5.26. The Hall–Kier alpha value is -1.75. The van der Waals surface area contributed by atoms with E-state index < -0.39 is 0 Å². The second kappa shape index (κ2) is 6.80. The van der Waals surface area contributed by atoms with Crippen LogP contribution < -0.4 is 0 Å². The summed E-state index contributed by atoms with van der Waals surface area (Å²) in [5.74, 6) is -0.230. The summed E-state index contributed by atoms with van der Waals surface area (Å²) in [5, 5.41) is 8.22. The average Bonchev–Trinajstić information content (AvgIpc) is 2.87. The molecule has 0 saturated heterocycles. The molecule has 0 atom stereocenters. The molecule has 6 heteroatoms. The molecular formula is C15H17ClFN3O. The van der Waals surface area contributed by atoms with Gasteiger partial charge in [-0.15, -0.1) is 5.10 Å². The van der Waals surface area contributed by atoms with Gasteiger partial charge < -0.3 is 0 Å². The molecule has 0 N–H and O–H groups in total. The van der Waals surface area contributed by atoms with E-state index >= 15 is 0 Å². The highest BCUT2D eigenvalue weighted by molar-refractivity contribution is 6.31. The Balaban J connectivity index is 2.45. The van der Waals surface area contributed by atoms with Crippen LogP contribution >= 0.6 is 11.6 Å². The van der Waals surface area contributed by atoms with Crippen LogP contribution in [0.5, 0.6) is 0 Å². The number of halogens is 2. The van der Waals surface area contributed by atoms with E-state index in [1.54, 1.807) is 16.8 Å². The number of carbonyl (C=O) groups excluding carboxylic acids is 1. The van der Waals surface area contributed by atoms with Gasteiger partial charge in [0.05, 0.1) is 12.2 Å². The molecule has 0 aliphatic carbocycles. The molecule has 0 fully saturated rings. The van der Waals surface area contributed by atoms with E-state index in [4.69, 9.17) is 11.6 Å². The van der Waals surface area contributed by atoms with Gasteiger partial charge in [-0.05, 0) is 25.0 Å². The summed E-state index contributed by atoms with van der Waals surface area (Å²) in [7, 11) is 0. The zero-order valence-corrected chi connectivity index (χ0v) is 12.8. The molecule has 2 rings (SSSR count). The summed E-state index contributed by atoms with van der Waals surface area (Å²) in [6, 6.07) is 4.55. The van der Waals surface area contributed by atoms with E-state index in [9.17, 15) is 9.18 Å². The van der Waals surface area contributed by atoms with Crippen molar-refractivity contribution in [2.45, 2.75) is 39.2 Å². The lowest BCUT2D eigenvalue weighted by Crippen LogP contribution is -2.12. The first-order valence-electron chi connectivity index (χ1n) is 6.93. The minimum atomic E-state index is -0.388. The van der Waals surface area contributed by atoms with Crippen LogP contribution in [0.25, 0.3) is 0 Å². The number of rotatable bonds is 6. The Morgan fingerprint density at radius 1 is 1.38 bits per heavy atom. The lowest BCUT2D eigenvalue weighted by atomic mass is 9.97. The van der Waals surface area contributed by atoms with E-state index in [0.29, 0.717) is 22.6 Å². The number of carbonyl (C=O) groups is 1. The van der Waals surface area contributed by atoms with Gasteiger partial charge in [-0.3, -0.25) is 4.79 Å². The summed E-state index contributed by atoms with van der Waals surface area (Å²) in [4.78, 5) is 11.1. The first kappa shape index (κ1) is 15.6. The fraction of sp³-hybridized carbons (Fsp3) is 0.400. The number of aromatic nitrogens is 3. The largest absolute Gasteiger partial charge is 0.296 e. The number of hydrogen-bond acceptors (Lipinski definition) is 3. The highest BCUT2D eigenvalue weighted by Crippen LogP contribution is 2.27. The maximum Gasteiger partial charge on any atom is 0.172 e. The minimum absolute atomic E-state index is 0.158. The van der Waals surface area contributed by atoms with Crippen LogP contribution in [0.15, 0.2) is 18.2 Å². The standard InChI is InChI=1S/C15H17ClFN3O/c1-3-10(4-2)15-14(9-21)18-19-20(15)8-11-12(16)6-5-7-13(11)17/h5-7,9-10H,3-4,8H2,1-2H3. The molecule has 4 nitrogen and oxygen atoms in total. The van der Waals surface area contributed by atoms with Gasteiger partial charge >= 0.3 is 0 Å². The van der Waals surface area contributed by atoms with Gasteiger partial charge in [-0.25, -0.2) is 9.07 Å². The summed E-state index contributed by atoms with van der Waals surface area (Å²) in [6.07, 6.45) is 2.41. The molecule has 0 amide bonds. The average molecular weight is 310 g/mol. The summed E-state index contributed by atoms with van der Waals surface area (Å²) in [5.41, 5.74) is 1.42. The molecule has 112 valence electrons. The first-order valence-corrected chi connectivity index (χ1v) is 7.31. The SMILES string of the molecule is CCC(CC)c1c(C=O)nnn1Cc1c(F)cccc1Cl. The van der Waals surface area contributed by atoms with Crippen LogP contribution in [-0.4, -0.2) is 21.3 Å². The van der Waals surface area contributed by atoms with Gasteiger partial charge in [0.25, 0.3) is 0 Å². The number of hydrogen-bond donors (Lipinski definition) is 0. The van der Waals surface area contributed by atoms with Crippen molar-refractivity contribution in [1.29, 1.82) is 0 Å². The molecule has 0 bridgehead atoms. The van der Waals surface area contributed by atoms with Crippen LogP contribution in [0.1, 0.15) is 54.4 Å². The zero-order valence-electron chi connectivity index (χ0n) is 12.0. The normalized spacial score (nSPS) is 11.1. The maximum absolute atomic E-state index is 13.9. The molecule has 21 heavy (non-hydrogen) atoms. The highest BCUT2D eigenvalue weighted by atomic mass is 35.5. The summed E-state index contributed by atoms with van der Waals surface area (Å²) in [6.45, 7) is 4.24. The predicted octanol–water partition coefficient (Wildman–Crippen LogP) is 3.84. The molecule has 0 saturated carbocycles. The Morgan fingerprint density at radius 3 is 2.67 bits per heavy atom. The van der Waals surface area contributed by atoms with Crippen molar-refractivity contribution in [3.63, 3.8) is 0 Å². The third-order valence-corrected chi connectivity index (χ3v) is 4.01. The molecular weight excluding hydrogens is 293 g/mol. The van der Waals surface area contributed by atoms with E-state index in [2.05, 4.69) is 10.3 Å². The topological polar surface area (TPSA) is 47.8 Å². The smallest absolute Gasteiger partial charge is 0.172 e.